The summed E-state index contributed by atoms with van der Waals surface area (Å²) in [5.74, 6) is -0.193. The number of rotatable bonds is 3. The first kappa shape index (κ1) is 12.9. The maximum absolute atomic E-state index is 13.4. The van der Waals surface area contributed by atoms with Gasteiger partial charge in [0.05, 0.1) is 0 Å². The Bertz CT molecular complexity index is 759. The van der Waals surface area contributed by atoms with Crippen molar-refractivity contribution < 1.29 is 4.39 Å². The maximum atomic E-state index is 13.4. The van der Waals surface area contributed by atoms with Gasteiger partial charge in [-0.15, -0.1) is 0 Å². The molecule has 1 aromatic heterocycles. The van der Waals surface area contributed by atoms with Crippen LogP contribution in [0.3, 0.4) is 0 Å². The minimum absolute atomic E-state index is 0.193. The fraction of sp³-hybridized carbons (Fsp3) is 0.176. The third-order valence-corrected chi connectivity index (χ3v) is 3.74. The molecule has 0 amide bonds. The molecule has 0 aliphatic heterocycles. The second-order valence-corrected chi connectivity index (χ2v) is 5.07. The molecule has 0 spiro atoms. The minimum atomic E-state index is -0.193. The van der Waals surface area contributed by atoms with Crippen molar-refractivity contribution in [3.05, 3.63) is 71.2 Å². The molecule has 102 valence electrons. The zero-order valence-electron chi connectivity index (χ0n) is 11.4. The summed E-state index contributed by atoms with van der Waals surface area (Å²) >= 11 is 0. The number of para-hydroxylation sites is 1. The summed E-state index contributed by atoms with van der Waals surface area (Å²) in [5, 5.41) is 1.17. The van der Waals surface area contributed by atoms with Gasteiger partial charge in [0.1, 0.15) is 5.82 Å². The fourth-order valence-electron chi connectivity index (χ4n) is 2.61. The van der Waals surface area contributed by atoms with Crippen LogP contribution in [-0.2, 0) is 13.1 Å². The molecule has 0 atom stereocenters. The van der Waals surface area contributed by atoms with Gasteiger partial charge in [0.2, 0.25) is 0 Å². The SMILES string of the molecule is Cc1ccc(F)cc1Cn1cc(CN)c2ccccc21. The number of aryl methyl sites for hydroxylation is 1. The standard InChI is InChI=1S/C17H17FN2/c1-12-6-7-15(18)8-13(12)10-20-11-14(9-19)16-4-2-3-5-17(16)20/h2-8,11H,9-10,19H2,1H3. The highest BCUT2D eigenvalue weighted by Crippen LogP contribution is 2.23. The van der Waals surface area contributed by atoms with Gasteiger partial charge >= 0.3 is 0 Å². The lowest BCUT2D eigenvalue weighted by Gasteiger charge is -2.09. The fourth-order valence-corrected chi connectivity index (χ4v) is 2.61. The number of benzene rings is 2. The smallest absolute Gasteiger partial charge is 0.123 e. The quantitative estimate of drug-likeness (QED) is 0.773. The van der Waals surface area contributed by atoms with E-state index < -0.39 is 0 Å². The highest BCUT2D eigenvalue weighted by atomic mass is 19.1. The zero-order chi connectivity index (χ0) is 14.1. The number of fused-ring (bicyclic) bond motifs is 1. The van der Waals surface area contributed by atoms with E-state index in [9.17, 15) is 4.39 Å². The van der Waals surface area contributed by atoms with Crippen LogP contribution in [0.2, 0.25) is 0 Å². The van der Waals surface area contributed by atoms with Crippen molar-refractivity contribution in [1.82, 2.24) is 4.57 Å². The van der Waals surface area contributed by atoms with E-state index in [1.165, 1.54) is 11.5 Å². The van der Waals surface area contributed by atoms with Gasteiger partial charge in [0.25, 0.3) is 0 Å². The van der Waals surface area contributed by atoms with E-state index in [1.807, 2.05) is 25.1 Å². The molecule has 0 bridgehead atoms. The number of aromatic nitrogens is 1. The predicted molar refractivity (Wildman–Crippen MR) is 80.1 cm³/mol. The van der Waals surface area contributed by atoms with E-state index in [2.05, 4.69) is 22.9 Å². The molecule has 0 saturated carbocycles. The van der Waals surface area contributed by atoms with Crippen LogP contribution in [0.5, 0.6) is 0 Å². The van der Waals surface area contributed by atoms with E-state index in [0.717, 1.165) is 22.2 Å². The molecule has 0 aliphatic carbocycles. The second kappa shape index (κ2) is 5.10. The van der Waals surface area contributed by atoms with Crippen LogP contribution >= 0.6 is 0 Å². The molecular formula is C17H17FN2. The van der Waals surface area contributed by atoms with Gasteiger partial charge in [-0.05, 0) is 41.8 Å². The number of nitrogens with zero attached hydrogens (tertiary/aromatic N) is 1. The molecule has 2 nitrogen and oxygen atoms in total. The van der Waals surface area contributed by atoms with E-state index >= 15 is 0 Å². The third-order valence-electron chi connectivity index (χ3n) is 3.74. The lowest BCUT2D eigenvalue weighted by atomic mass is 10.1. The first-order valence-electron chi connectivity index (χ1n) is 6.71. The summed E-state index contributed by atoms with van der Waals surface area (Å²) in [4.78, 5) is 0. The van der Waals surface area contributed by atoms with Crippen LogP contribution in [0.1, 0.15) is 16.7 Å². The molecule has 20 heavy (non-hydrogen) atoms. The second-order valence-electron chi connectivity index (χ2n) is 5.07. The van der Waals surface area contributed by atoms with Gasteiger partial charge in [-0.3, -0.25) is 0 Å². The average Bonchev–Trinajstić information content (AvgIpc) is 2.81. The van der Waals surface area contributed by atoms with E-state index in [1.54, 1.807) is 6.07 Å². The first-order chi connectivity index (χ1) is 9.69. The topological polar surface area (TPSA) is 30.9 Å². The van der Waals surface area contributed by atoms with Gasteiger partial charge in [-0.1, -0.05) is 24.3 Å². The molecule has 3 heteroatoms. The van der Waals surface area contributed by atoms with Crippen LogP contribution in [0, 0.1) is 12.7 Å². The average molecular weight is 268 g/mol. The Morgan fingerprint density at radius 1 is 1.10 bits per heavy atom. The molecule has 0 saturated heterocycles. The van der Waals surface area contributed by atoms with Crippen LogP contribution in [0.4, 0.5) is 4.39 Å². The van der Waals surface area contributed by atoms with Crippen molar-refractivity contribution in [2.24, 2.45) is 5.73 Å². The van der Waals surface area contributed by atoms with Crippen molar-refractivity contribution in [2.45, 2.75) is 20.0 Å². The van der Waals surface area contributed by atoms with Gasteiger partial charge in [-0.2, -0.15) is 0 Å². The van der Waals surface area contributed by atoms with Gasteiger partial charge < -0.3 is 10.3 Å². The number of nitrogens with two attached hydrogens (primary N) is 1. The van der Waals surface area contributed by atoms with Crippen molar-refractivity contribution in [3.8, 4) is 0 Å². The van der Waals surface area contributed by atoms with E-state index in [0.29, 0.717) is 13.1 Å². The summed E-state index contributed by atoms with van der Waals surface area (Å²) in [6, 6.07) is 13.1. The van der Waals surface area contributed by atoms with Crippen molar-refractivity contribution in [3.63, 3.8) is 0 Å². The Balaban J connectivity index is 2.09. The summed E-state index contributed by atoms with van der Waals surface area (Å²) < 4.78 is 15.5. The van der Waals surface area contributed by atoms with Gasteiger partial charge in [0, 0.05) is 30.2 Å². The molecular weight excluding hydrogens is 251 g/mol. The molecule has 1 heterocycles. The summed E-state index contributed by atoms with van der Waals surface area (Å²) in [6.45, 7) is 3.17. The van der Waals surface area contributed by atoms with Crippen molar-refractivity contribution >= 4 is 10.9 Å². The summed E-state index contributed by atoms with van der Waals surface area (Å²) in [6.07, 6.45) is 2.06. The minimum Gasteiger partial charge on any atom is -0.343 e. The number of hydrogen-bond acceptors (Lipinski definition) is 1. The molecule has 0 fully saturated rings. The molecule has 3 aromatic rings. The maximum Gasteiger partial charge on any atom is 0.123 e. The third kappa shape index (κ3) is 2.21. The lowest BCUT2D eigenvalue weighted by molar-refractivity contribution is 0.623. The number of halogens is 1. The van der Waals surface area contributed by atoms with Crippen LogP contribution in [-0.4, -0.2) is 4.57 Å². The van der Waals surface area contributed by atoms with Crippen molar-refractivity contribution in [2.75, 3.05) is 0 Å². The van der Waals surface area contributed by atoms with Crippen molar-refractivity contribution in [1.29, 1.82) is 0 Å². The lowest BCUT2D eigenvalue weighted by Crippen LogP contribution is -2.01. The highest BCUT2D eigenvalue weighted by Gasteiger charge is 2.08. The molecule has 2 aromatic carbocycles. The summed E-state index contributed by atoms with van der Waals surface area (Å²) in [7, 11) is 0. The van der Waals surface area contributed by atoms with Crippen LogP contribution in [0.15, 0.2) is 48.7 Å². The normalized spacial score (nSPS) is 11.2. The number of hydrogen-bond donors (Lipinski definition) is 1. The zero-order valence-corrected chi connectivity index (χ0v) is 11.4. The largest absolute Gasteiger partial charge is 0.343 e. The Kier molecular flexibility index (Phi) is 3.28. The Hall–Kier alpha value is -2.13. The van der Waals surface area contributed by atoms with Gasteiger partial charge in [-0.25, -0.2) is 4.39 Å². The summed E-state index contributed by atoms with van der Waals surface area (Å²) in [5.41, 5.74) is 10.1. The molecule has 0 aliphatic rings. The molecule has 0 radical (unpaired) electrons. The van der Waals surface area contributed by atoms with Crippen LogP contribution in [0.25, 0.3) is 10.9 Å². The highest BCUT2D eigenvalue weighted by molar-refractivity contribution is 5.84. The molecule has 0 unspecified atom stereocenters. The Morgan fingerprint density at radius 2 is 1.90 bits per heavy atom. The monoisotopic (exact) mass is 268 g/mol. The molecule has 3 rings (SSSR count). The Labute approximate surface area is 117 Å². The first-order valence-corrected chi connectivity index (χ1v) is 6.71. The van der Waals surface area contributed by atoms with Crippen LogP contribution < -0.4 is 5.73 Å². The van der Waals surface area contributed by atoms with E-state index in [-0.39, 0.29) is 5.82 Å². The predicted octanol–water partition coefficient (Wildman–Crippen LogP) is 3.60. The van der Waals surface area contributed by atoms with Gasteiger partial charge in [0.15, 0.2) is 0 Å². The Morgan fingerprint density at radius 3 is 2.70 bits per heavy atom. The molecule has 2 N–H and O–H groups in total. The van der Waals surface area contributed by atoms with E-state index in [4.69, 9.17) is 5.73 Å².